The summed E-state index contributed by atoms with van der Waals surface area (Å²) >= 11 is 6.03. The predicted molar refractivity (Wildman–Crippen MR) is 95.7 cm³/mol. The molecule has 2 aromatic carbocycles. The molecule has 1 heterocycles. The van der Waals surface area contributed by atoms with Gasteiger partial charge in [-0.15, -0.1) is 0 Å². The van der Waals surface area contributed by atoms with E-state index in [9.17, 15) is 9.18 Å². The molecule has 1 amide bonds. The number of hydrogen-bond acceptors (Lipinski definition) is 2. The highest BCUT2D eigenvalue weighted by atomic mass is 35.5. The lowest BCUT2D eigenvalue weighted by Crippen LogP contribution is -2.48. The summed E-state index contributed by atoms with van der Waals surface area (Å²) in [6.45, 7) is 2.83. The number of amides is 1. The zero-order valence-electron chi connectivity index (χ0n) is 13.2. The molecule has 1 aliphatic rings. The molecule has 1 saturated heterocycles. The SMILES string of the molecule is O=C(C=Cc1cccc(F)c1)N1CCN(c2cccc(Cl)c2)CC1. The van der Waals surface area contributed by atoms with E-state index in [2.05, 4.69) is 4.90 Å². The van der Waals surface area contributed by atoms with E-state index in [1.807, 2.05) is 24.3 Å². The van der Waals surface area contributed by atoms with Crippen LogP contribution in [-0.2, 0) is 4.79 Å². The number of halogens is 2. The maximum Gasteiger partial charge on any atom is 0.246 e. The zero-order valence-corrected chi connectivity index (χ0v) is 13.9. The van der Waals surface area contributed by atoms with Crippen LogP contribution >= 0.6 is 11.6 Å². The van der Waals surface area contributed by atoms with E-state index in [0.29, 0.717) is 23.7 Å². The van der Waals surface area contributed by atoms with Crippen molar-refractivity contribution in [2.45, 2.75) is 0 Å². The van der Waals surface area contributed by atoms with Crippen LogP contribution < -0.4 is 4.90 Å². The Hall–Kier alpha value is -2.33. The number of carbonyl (C=O) groups is 1. The van der Waals surface area contributed by atoms with Crippen LogP contribution in [0.15, 0.2) is 54.6 Å². The molecule has 0 atom stereocenters. The molecule has 0 bridgehead atoms. The van der Waals surface area contributed by atoms with Crippen LogP contribution in [0, 0.1) is 5.82 Å². The standard InChI is InChI=1S/C19H18ClFN2O/c20-16-4-2-6-18(14-16)22-9-11-23(12-10-22)19(24)8-7-15-3-1-5-17(21)13-15/h1-8,13-14H,9-12H2. The van der Waals surface area contributed by atoms with Crippen molar-refractivity contribution in [2.75, 3.05) is 31.1 Å². The van der Waals surface area contributed by atoms with E-state index in [-0.39, 0.29) is 11.7 Å². The Morgan fingerprint density at radius 3 is 2.50 bits per heavy atom. The molecule has 0 saturated carbocycles. The quantitative estimate of drug-likeness (QED) is 0.790. The van der Waals surface area contributed by atoms with Gasteiger partial charge in [-0.25, -0.2) is 4.39 Å². The molecular weight excluding hydrogens is 327 g/mol. The lowest BCUT2D eigenvalue weighted by Gasteiger charge is -2.35. The number of carbonyl (C=O) groups excluding carboxylic acids is 1. The van der Waals surface area contributed by atoms with E-state index in [4.69, 9.17) is 11.6 Å². The summed E-state index contributed by atoms with van der Waals surface area (Å²) < 4.78 is 13.1. The molecule has 3 nitrogen and oxygen atoms in total. The van der Waals surface area contributed by atoms with Gasteiger partial charge < -0.3 is 9.80 Å². The highest BCUT2D eigenvalue weighted by Gasteiger charge is 2.19. The van der Waals surface area contributed by atoms with Gasteiger partial charge in [0.1, 0.15) is 5.82 Å². The number of anilines is 1. The molecule has 0 spiro atoms. The third-order valence-corrected chi connectivity index (χ3v) is 4.27. The van der Waals surface area contributed by atoms with Gasteiger partial charge in [0.05, 0.1) is 0 Å². The molecule has 0 radical (unpaired) electrons. The van der Waals surface area contributed by atoms with Crippen molar-refractivity contribution in [1.82, 2.24) is 4.90 Å². The van der Waals surface area contributed by atoms with Crippen LogP contribution in [0.1, 0.15) is 5.56 Å². The summed E-state index contributed by atoms with van der Waals surface area (Å²) in [5.74, 6) is -0.357. The molecule has 0 unspecified atom stereocenters. The largest absolute Gasteiger partial charge is 0.368 e. The van der Waals surface area contributed by atoms with Crippen molar-refractivity contribution < 1.29 is 9.18 Å². The van der Waals surface area contributed by atoms with Gasteiger partial charge in [0, 0.05) is 43.0 Å². The Morgan fingerprint density at radius 2 is 1.79 bits per heavy atom. The van der Waals surface area contributed by atoms with Crippen LogP contribution in [0.2, 0.25) is 5.02 Å². The molecule has 0 aromatic heterocycles. The lowest BCUT2D eigenvalue weighted by atomic mass is 10.2. The number of piperazine rings is 1. The highest BCUT2D eigenvalue weighted by Crippen LogP contribution is 2.20. The fourth-order valence-electron chi connectivity index (χ4n) is 2.74. The molecule has 2 aromatic rings. The minimum absolute atomic E-state index is 0.0509. The van der Waals surface area contributed by atoms with E-state index in [1.165, 1.54) is 18.2 Å². The number of rotatable bonds is 3. The lowest BCUT2D eigenvalue weighted by molar-refractivity contribution is -0.126. The van der Waals surface area contributed by atoms with E-state index >= 15 is 0 Å². The summed E-state index contributed by atoms with van der Waals surface area (Å²) in [6.07, 6.45) is 3.15. The van der Waals surface area contributed by atoms with Gasteiger partial charge in [0.15, 0.2) is 0 Å². The predicted octanol–water partition coefficient (Wildman–Crippen LogP) is 3.84. The van der Waals surface area contributed by atoms with Crippen LogP contribution in [0.4, 0.5) is 10.1 Å². The maximum atomic E-state index is 13.1. The molecule has 1 aliphatic heterocycles. The smallest absolute Gasteiger partial charge is 0.246 e. The molecular formula is C19H18ClFN2O. The molecule has 5 heteroatoms. The fraction of sp³-hybridized carbons (Fsp3) is 0.211. The molecule has 24 heavy (non-hydrogen) atoms. The molecule has 0 N–H and O–H groups in total. The highest BCUT2D eigenvalue weighted by molar-refractivity contribution is 6.30. The van der Waals surface area contributed by atoms with E-state index in [1.54, 1.807) is 23.1 Å². The normalized spacial score (nSPS) is 15.1. The van der Waals surface area contributed by atoms with Gasteiger partial charge in [-0.2, -0.15) is 0 Å². The summed E-state index contributed by atoms with van der Waals surface area (Å²) in [6, 6.07) is 13.9. The first kappa shape index (κ1) is 16.5. The van der Waals surface area contributed by atoms with Crippen LogP contribution in [-0.4, -0.2) is 37.0 Å². The van der Waals surface area contributed by atoms with E-state index < -0.39 is 0 Å². The summed E-state index contributed by atoms with van der Waals surface area (Å²) in [5.41, 5.74) is 1.76. The van der Waals surface area contributed by atoms with Gasteiger partial charge in [0.2, 0.25) is 5.91 Å². The Morgan fingerprint density at radius 1 is 1.04 bits per heavy atom. The van der Waals surface area contributed by atoms with Crippen molar-refractivity contribution in [3.8, 4) is 0 Å². The second kappa shape index (κ2) is 7.49. The second-order valence-electron chi connectivity index (χ2n) is 5.68. The third-order valence-electron chi connectivity index (χ3n) is 4.03. The first-order valence-electron chi connectivity index (χ1n) is 7.85. The fourth-order valence-corrected chi connectivity index (χ4v) is 2.93. The number of hydrogen-bond donors (Lipinski definition) is 0. The van der Waals surface area contributed by atoms with Gasteiger partial charge in [-0.3, -0.25) is 4.79 Å². The average molecular weight is 345 g/mol. The zero-order chi connectivity index (χ0) is 16.9. The van der Waals surface area contributed by atoms with Crippen LogP contribution in [0.3, 0.4) is 0 Å². The maximum absolute atomic E-state index is 13.1. The summed E-state index contributed by atoms with van der Waals surface area (Å²) in [5, 5.41) is 0.712. The minimum Gasteiger partial charge on any atom is -0.368 e. The third kappa shape index (κ3) is 4.15. The van der Waals surface area contributed by atoms with Gasteiger partial charge in [-0.1, -0.05) is 29.8 Å². The Labute approximate surface area is 145 Å². The van der Waals surface area contributed by atoms with Crippen LogP contribution in [0.5, 0.6) is 0 Å². The molecule has 1 fully saturated rings. The van der Waals surface area contributed by atoms with Crippen molar-refractivity contribution in [1.29, 1.82) is 0 Å². The molecule has 0 aliphatic carbocycles. The number of nitrogens with zero attached hydrogens (tertiary/aromatic N) is 2. The average Bonchev–Trinajstić information content (AvgIpc) is 2.60. The van der Waals surface area contributed by atoms with Gasteiger partial charge >= 0.3 is 0 Å². The monoisotopic (exact) mass is 344 g/mol. The van der Waals surface area contributed by atoms with Gasteiger partial charge in [-0.05, 0) is 42.0 Å². The Balaban J connectivity index is 1.57. The van der Waals surface area contributed by atoms with Crippen molar-refractivity contribution in [2.24, 2.45) is 0 Å². The molecule has 124 valence electrons. The summed E-state index contributed by atoms with van der Waals surface area (Å²) in [4.78, 5) is 16.3. The Bertz CT molecular complexity index is 755. The topological polar surface area (TPSA) is 23.6 Å². The summed E-state index contributed by atoms with van der Waals surface area (Å²) in [7, 11) is 0. The van der Waals surface area contributed by atoms with E-state index in [0.717, 1.165) is 18.8 Å². The minimum atomic E-state index is -0.306. The van der Waals surface area contributed by atoms with Crippen molar-refractivity contribution in [3.05, 3.63) is 71.0 Å². The molecule has 3 rings (SSSR count). The first-order chi connectivity index (χ1) is 11.6. The van der Waals surface area contributed by atoms with Crippen molar-refractivity contribution >= 4 is 29.3 Å². The van der Waals surface area contributed by atoms with Crippen molar-refractivity contribution in [3.63, 3.8) is 0 Å². The second-order valence-corrected chi connectivity index (χ2v) is 6.12. The first-order valence-corrected chi connectivity index (χ1v) is 8.23. The van der Waals surface area contributed by atoms with Crippen LogP contribution in [0.25, 0.3) is 6.08 Å². The van der Waals surface area contributed by atoms with Gasteiger partial charge in [0.25, 0.3) is 0 Å². The number of benzene rings is 2. The Kier molecular flexibility index (Phi) is 5.16.